The largest absolute Gasteiger partial charge is 0.481 e. The molecule has 1 aromatic carbocycles. The molecule has 5 heterocycles. The second-order valence-corrected chi connectivity index (χ2v) is 11.2. The highest BCUT2D eigenvalue weighted by atomic mass is 16.5. The van der Waals surface area contributed by atoms with Crippen molar-refractivity contribution in [3.05, 3.63) is 60.2 Å². The van der Waals surface area contributed by atoms with E-state index in [-0.39, 0.29) is 29.5 Å². The van der Waals surface area contributed by atoms with Gasteiger partial charge in [-0.3, -0.25) is 24.3 Å². The van der Waals surface area contributed by atoms with Gasteiger partial charge in [-0.05, 0) is 30.5 Å². The lowest BCUT2D eigenvalue weighted by molar-refractivity contribution is -0.121. The SMILES string of the molecule is Cc1ncc(NC(=O)CN2CC(C)(C)C2)cc1NC(=O)c1nnn2cc(-c3cccc4c3OCC(=O)N4C)ccc12. The average molecular weight is 555 g/mol. The van der Waals surface area contributed by atoms with Crippen LogP contribution in [0.2, 0.25) is 0 Å². The van der Waals surface area contributed by atoms with Crippen LogP contribution in [0.1, 0.15) is 30.0 Å². The summed E-state index contributed by atoms with van der Waals surface area (Å²) in [6.07, 6.45) is 3.33. The van der Waals surface area contributed by atoms with Gasteiger partial charge in [0.25, 0.3) is 11.8 Å². The van der Waals surface area contributed by atoms with E-state index in [4.69, 9.17) is 4.74 Å². The van der Waals surface area contributed by atoms with Crippen LogP contribution in [-0.2, 0) is 9.59 Å². The van der Waals surface area contributed by atoms with E-state index in [0.717, 1.165) is 24.2 Å². The molecule has 2 N–H and O–H groups in total. The van der Waals surface area contributed by atoms with Crippen molar-refractivity contribution in [2.45, 2.75) is 20.8 Å². The number of hydrogen-bond acceptors (Lipinski definition) is 8. The van der Waals surface area contributed by atoms with Crippen LogP contribution in [-0.4, -0.2) is 75.7 Å². The van der Waals surface area contributed by atoms with E-state index in [1.807, 2.05) is 24.3 Å². The zero-order chi connectivity index (χ0) is 28.9. The molecule has 210 valence electrons. The second kappa shape index (κ2) is 9.97. The fourth-order valence-electron chi connectivity index (χ4n) is 5.34. The number of anilines is 3. The third-order valence-corrected chi connectivity index (χ3v) is 7.30. The molecule has 0 aliphatic carbocycles. The summed E-state index contributed by atoms with van der Waals surface area (Å²) in [5.41, 5.74) is 4.71. The average Bonchev–Trinajstić information content (AvgIpc) is 3.35. The summed E-state index contributed by atoms with van der Waals surface area (Å²) in [5, 5.41) is 14.0. The number of nitrogens with one attached hydrogen (secondary N) is 2. The molecule has 3 aromatic heterocycles. The van der Waals surface area contributed by atoms with Gasteiger partial charge < -0.3 is 20.3 Å². The monoisotopic (exact) mass is 554 g/mol. The molecule has 4 aromatic rings. The van der Waals surface area contributed by atoms with Gasteiger partial charge in [-0.1, -0.05) is 37.3 Å². The molecular weight excluding hydrogens is 524 g/mol. The highest BCUT2D eigenvalue weighted by molar-refractivity contribution is 6.08. The van der Waals surface area contributed by atoms with E-state index < -0.39 is 5.91 Å². The number of para-hydroxylation sites is 1. The summed E-state index contributed by atoms with van der Waals surface area (Å²) in [7, 11) is 1.72. The number of likely N-dealkylation sites (N-methyl/N-ethyl adjacent to an activating group) is 1. The fraction of sp³-hybridized carbons (Fsp3) is 0.310. The normalized spacial score (nSPS) is 16.1. The number of amides is 3. The topological polar surface area (TPSA) is 134 Å². The molecule has 0 radical (unpaired) electrons. The number of fused-ring (bicyclic) bond motifs is 2. The van der Waals surface area contributed by atoms with Gasteiger partial charge in [-0.2, -0.15) is 0 Å². The smallest absolute Gasteiger partial charge is 0.278 e. The van der Waals surface area contributed by atoms with E-state index in [2.05, 4.69) is 44.7 Å². The highest BCUT2D eigenvalue weighted by Gasteiger charge is 2.34. The maximum absolute atomic E-state index is 13.2. The van der Waals surface area contributed by atoms with Gasteiger partial charge in [0.1, 0.15) is 0 Å². The molecule has 0 atom stereocenters. The van der Waals surface area contributed by atoms with Crippen molar-refractivity contribution in [2.75, 3.05) is 48.8 Å². The van der Waals surface area contributed by atoms with E-state index in [9.17, 15) is 14.4 Å². The van der Waals surface area contributed by atoms with E-state index in [1.165, 1.54) is 4.52 Å². The van der Waals surface area contributed by atoms with Crippen LogP contribution in [0.3, 0.4) is 0 Å². The lowest BCUT2D eigenvalue weighted by atomic mass is 9.84. The Bertz CT molecular complexity index is 1700. The van der Waals surface area contributed by atoms with Crippen molar-refractivity contribution in [3.63, 3.8) is 0 Å². The van der Waals surface area contributed by atoms with Gasteiger partial charge >= 0.3 is 0 Å². The minimum Gasteiger partial charge on any atom is -0.481 e. The summed E-state index contributed by atoms with van der Waals surface area (Å²) in [6.45, 7) is 8.14. The Kier molecular flexibility index (Phi) is 6.41. The first-order valence-electron chi connectivity index (χ1n) is 13.3. The van der Waals surface area contributed by atoms with Crippen LogP contribution in [0, 0.1) is 12.3 Å². The number of pyridine rings is 2. The molecule has 0 bridgehead atoms. The Labute approximate surface area is 236 Å². The molecule has 0 spiro atoms. The van der Waals surface area contributed by atoms with Crippen molar-refractivity contribution in [1.29, 1.82) is 0 Å². The van der Waals surface area contributed by atoms with Crippen LogP contribution in [0.15, 0.2) is 48.8 Å². The van der Waals surface area contributed by atoms with E-state index in [1.54, 1.807) is 43.4 Å². The maximum atomic E-state index is 13.2. The number of hydrogen-bond donors (Lipinski definition) is 2. The van der Waals surface area contributed by atoms with E-state index in [0.29, 0.717) is 40.6 Å². The first-order chi connectivity index (χ1) is 19.6. The standard InChI is InChI=1S/C29H30N8O4/c1-17-21(10-19(11-30-17)31-24(38)13-36-15-29(2,3)16-36)32-28(40)26-22-9-8-18(12-37(22)34-33-26)20-6-5-7-23-27(20)41-14-25(39)35(23)4/h5-12H,13-16H2,1-4H3,(H,31,38)(H,32,40). The molecule has 2 aliphatic rings. The molecule has 3 amide bonds. The number of rotatable bonds is 6. The van der Waals surface area contributed by atoms with E-state index >= 15 is 0 Å². The number of likely N-dealkylation sites (tertiary alicyclic amines) is 1. The van der Waals surface area contributed by atoms with Gasteiger partial charge in [-0.15, -0.1) is 5.10 Å². The zero-order valence-corrected chi connectivity index (χ0v) is 23.3. The van der Waals surface area contributed by atoms with Crippen LogP contribution in [0.25, 0.3) is 16.6 Å². The number of carbonyl (C=O) groups excluding carboxylic acids is 3. The van der Waals surface area contributed by atoms with Gasteiger partial charge in [-0.25, -0.2) is 4.52 Å². The van der Waals surface area contributed by atoms with Crippen molar-refractivity contribution in [1.82, 2.24) is 24.7 Å². The number of benzene rings is 1. The number of carbonyl (C=O) groups is 3. The minimum absolute atomic E-state index is 0.0354. The Morgan fingerprint density at radius 2 is 1.93 bits per heavy atom. The first kappa shape index (κ1) is 26.4. The predicted octanol–water partition coefficient (Wildman–Crippen LogP) is 2.99. The lowest BCUT2D eigenvalue weighted by Gasteiger charge is -2.45. The molecule has 1 fully saturated rings. The van der Waals surface area contributed by atoms with Crippen molar-refractivity contribution < 1.29 is 19.1 Å². The maximum Gasteiger partial charge on any atom is 0.278 e. The van der Waals surface area contributed by atoms with Crippen LogP contribution in [0.4, 0.5) is 17.1 Å². The van der Waals surface area contributed by atoms with Gasteiger partial charge in [0, 0.05) is 37.5 Å². The molecule has 6 rings (SSSR count). The molecule has 12 heteroatoms. The first-order valence-corrected chi connectivity index (χ1v) is 13.3. The molecule has 2 aliphatic heterocycles. The van der Waals surface area contributed by atoms with Gasteiger partial charge in [0.05, 0.1) is 41.0 Å². The number of nitrogens with zero attached hydrogens (tertiary/aromatic N) is 6. The molecule has 12 nitrogen and oxygen atoms in total. The van der Waals surface area contributed by atoms with Crippen LogP contribution in [0.5, 0.6) is 5.75 Å². The van der Waals surface area contributed by atoms with Crippen LogP contribution >= 0.6 is 0 Å². The number of ether oxygens (including phenoxy) is 1. The summed E-state index contributed by atoms with van der Waals surface area (Å²) in [5.74, 6) is -0.0989. The summed E-state index contributed by atoms with van der Waals surface area (Å²) in [4.78, 5) is 45.8. The summed E-state index contributed by atoms with van der Waals surface area (Å²) < 4.78 is 7.29. The number of aryl methyl sites for hydroxylation is 1. The molecular formula is C29H30N8O4. The fourth-order valence-corrected chi connectivity index (χ4v) is 5.34. The molecule has 41 heavy (non-hydrogen) atoms. The highest BCUT2D eigenvalue weighted by Crippen LogP contribution is 2.40. The Balaban J connectivity index is 1.19. The van der Waals surface area contributed by atoms with Crippen molar-refractivity contribution in [2.24, 2.45) is 5.41 Å². The van der Waals surface area contributed by atoms with Gasteiger partial charge in [0.2, 0.25) is 5.91 Å². The predicted molar refractivity (Wildman–Crippen MR) is 153 cm³/mol. The summed E-state index contributed by atoms with van der Waals surface area (Å²) in [6, 6.07) is 10.9. The van der Waals surface area contributed by atoms with Crippen molar-refractivity contribution >= 4 is 40.3 Å². The molecule has 0 unspecified atom stereocenters. The molecule has 0 saturated carbocycles. The Morgan fingerprint density at radius 1 is 1.12 bits per heavy atom. The lowest BCUT2D eigenvalue weighted by Crippen LogP contribution is -2.54. The molecule has 1 saturated heterocycles. The Hall–Kier alpha value is -4.84. The quantitative estimate of drug-likeness (QED) is 0.372. The van der Waals surface area contributed by atoms with Crippen molar-refractivity contribution in [3.8, 4) is 16.9 Å². The minimum atomic E-state index is -0.454. The summed E-state index contributed by atoms with van der Waals surface area (Å²) >= 11 is 0. The second-order valence-electron chi connectivity index (χ2n) is 11.2. The Morgan fingerprint density at radius 3 is 2.71 bits per heavy atom. The third-order valence-electron chi connectivity index (χ3n) is 7.30. The van der Waals surface area contributed by atoms with Crippen LogP contribution < -0.4 is 20.3 Å². The third kappa shape index (κ3) is 5.09. The van der Waals surface area contributed by atoms with Gasteiger partial charge in [0.15, 0.2) is 18.1 Å². The number of aromatic nitrogens is 4. The zero-order valence-electron chi connectivity index (χ0n) is 23.3.